The van der Waals surface area contributed by atoms with Crippen LogP contribution in [0.3, 0.4) is 0 Å². The molecule has 0 saturated heterocycles. The Morgan fingerprint density at radius 3 is 1.75 bits per heavy atom. The highest BCUT2D eigenvalue weighted by molar-refractivity contribution is 7.46. The highest BCUT2D eigenvalue weighted by Crippen LogP contribution is 2.35. The summed E-state index contributed by atoms with van der Waals surface area (Å²) in [7, 11) is -4.78. The predicted molar refractivity (Wildman–Crippen MR) is 197 cm³/mol. The maximum absolute atomic E-state index is 12.3. The molecule has 0 aliphatic rings. The number of allylic oxidation sites excluding steroid dienone is 16. The fourth-order valence-electron chi connectivity index (χ4n) is 4.16. The number of hydrogen-bond donors (Lipinski definition) is 2. The molecule has 0 fully saturated rings. The Kier molecular flexibility index (Phi) is 31.7. The number of rotatable bonds is 30. The van der Waals surface area contributed by atoms with E-state index in [0.717, 1.165) is 38.5 Å². The first kappa shape index (κ1) is 45.0. The molecule has 0 aliphatic heterocycles. The van der Waals surface area contributed by atoms with E-state index in [1.54, 1.807) is 0 Å². The molecule has 0 amide bonds. The van der Waals surface area contributed by atoms with E-state index in [4.69, 9.17) is 19.3 Å². The summed E-state index contributed by atoms with van der Waals surface area (Å²) in [5.74, 6) is -1.03. The minimum Gasteiger partial charge on any atom is -0.462 e. The number of carbonyl (C=O) groups is 2. The first-order valence-electron chi connectivity index (χ1n) is 17.6. The third-order valence-corrected chi connectivity index (χ3v) is 7.25. The van der Waals surface area contributed by atoms with Crippen molar-refractivity contribution in [3.63, 3.8) is 0 Å². The van der Waals surface area contributed by atoms with E-state index in [-0.39, 0.29) is 19.4 Å². The first-order valence-corrected chi connectivity index (χ1v) is 19.1. The molecule has 0 aliphatic carbocycles. The predicted octanol–water partition coefficient (Wildman–Crippen LogP) is 10.3. The van der Waals surface area contributed by atoms with Crippen molar-refractivity contribution < 1.29 is 37.9 Å². The fraction of sp³-hybridized carbons (Fsp3) is 0.538. The number of phosphoric acid groups is 1. The van der Waals surface area contributed by atoms with Crippen LogP contribution in [0, 0.1) is 0 Å². The molecule has 8 nitrogen and oxygen atoms in total. The molecule has 2 N–H and O–H groups in total. The monoisotopic (exact) mass is 688 g/mol. The van der Waals surface area contributed by atoms with Crippen LogP contribution in [0.5, 0.6) is 0 Å². The zero-order valence-electron chi connectivity index (χ0n) is 29.3. The van der Waals surface area contributed by atoms with Gasteiger partial charge in [0.2, 0.25) is 0 Å². The van der Waals surface area contributed by atoms with Gasteiger partial charge in [-0.05, 0) is 51.4 Å². The molecular weight excluding hydrogens is 627 g/mol. The van der Waals surface area contributed by atoms with Crippen molar-refractivity contribution in [2.45, 2.75) is 123 Å². The summed E-state index contributed by atoms with van der Waals surface area (Å²) >= 11 is 0. The third-order valence-electron chi connectivity index (χ3n) is 6.76. The third kappa shape index (κ3) is 35.8. The van der Waals surface area contributed by atoms with E-state index in [2.05, 4.69) is 42.7 Å². The first-order chi connectivity index (χ1) is 23.3. The quantitative estimate of drug-likeness (QED) is 0.0252. The van der Waals surface area contributed by atoms with Gasteiger partial charge in [0.15, 0.2) is 6.10 Å². The molecule has 1 atom stereocenters. The Bertz CT molecular complexity index is 1090. The van der Waals surface area contributed by atoms with Crippen LogP contribution in [-0.2, 0) is 28.2 Å². The van der Waals surface area contributed by atoms with Crippen molar-refractivity contribution in [3.8, 4) is 0 Å². The lowest BCUT2D eigenvalue weighted by molar-refractivity contribution is -0.161. The number of esters is 2. The van der Waals surface area contributed by atoms with Crippen LogP contribution in [0.2, 0.25) is 0 Å². The van der Waals surface area contributed by atoms with Gasteiger partial charge in [0, 0.05) is 12.8 Å². The van der Waals surface area contributed by atoms with Crippen LogP contribution < -0.4 is 0 Å². The second kappa shape index (κ2) is 33.9. The van der Waals surface area contributed by atoms with Crippen molar-refractivity contribution >= 4 is 19.8 Å². The zero-order valence-corrected chi connectivity index (χ0v) is 30.2. The number of hydrogen-bond acceptors (Lipinski definition) is 6. The number of phosphoric ester groups is 1. The largest absolute Gasteiger partial charge is 0.469 e. The second-order valence-corrected chi connectivity index (χ2v) is 12.5. The van der Waals surface area contributed by atoms with E-state index < -0.39 is 32.5 Å². The normalized spacial score (nSPS) is 13.7. The molecule has 0 heterocycles. The summed E-state index contributed by atoms with van der Waals surface area (Å²) in [4.78, 5) is 42.6. The standard InChI is InChI=1S/C39H61O8P/c1-3-5-7-9-11-13-15-17-18-19-20-22-23-25-27-29-31-33-38(40)45-35-37(36-46-48(42,43)44)47-39(41)34-32-30-28-26-24-21-16-14-12-10-8-6-4-2/h5,7,9,11,13,15,17-24,28,30,37H,3-4,6,8,10,12,14,16,25-27,29,31-36H2,1-2H3,(H2,42,43,44)/b7-5+,11-9+,15-13+,18-17+,20-19+,23-22+,24-21+,30-28+. The topological polar surface area (TPSA) is 119 Å². The average molecular weight is 689 g/mol. The van der Waals surface area contributed by atoms with E-state index in [1.807, 2.05) is 72.9 Å². The Morgan fingerprint density at radius 2 is 1.12 bits per heavy atom. The highest BCUT2D eigenvalue weighted by atomic mass is 31.2. The fourth-order valence-corrected chi connectivity index (χ4v) is 4.52. The molecule has 9 heteroatoms. The Labute approximate surface area is 290 Å². The van der Waals surface area contributed by atoms with Gasteiger partial charge in [0.05, 0.1) is 6.61 Å². The molecular formula is C39H61O8P. The Morgan fingerprint density at radius 1 is 0.583 bits per heavy atom. The van der Waals surface area contributed by atoms with E-state index in [9.17, 15) is 14.2 Å². The van der Waals surface area contributed by atoms with Gasteiger partial charge < -0.3 is 19.3 Å². The lowest BCUT2D eigenvalue weighted by Crippen LogP contribution is -2.29. The maximum Gasteiger partial charge on any atom is 0.469 e. The van der Waals surface area contributed by atoms with Crippen LogP contribution in [0.1, 0.15) is 117 Å². The number of ether oxygens (including phenoxy) is 2. The van der Waals surface area contributed by atoms with Crippen molar-refractivity contribution in [2.75, 3.05) is 13.2 Å². The van der Waals surface area contributed by atoms with Gasteiger partial charge in [-0.15, -0.1) is 0 Å². The van der Waals surface area contributed by atoms with Crippen LogP contribution >= 0.6 is 7.82 Å². The van der Waals surface area contributed by atoms with Gasteiger partial charge in [0.1, 0.15) is 6.61 Å². The summed E-state index contributed by atoms with van der Waals surface area (Å²) < 4.78 is 26.1. The smallest absolute Gasteiger partial charge is 0.462 e. The van der Waals surface area contributed by atoms with Gasteiger partial charge >= 0.3 is 19.8 Å². The molecule has 0 rings (SSSR count). The summed E-state index contributed by atoms with van der Waals surface area (Å²) in [6.45, 7) is 3.40. The molecule has 0 aromatic rings. The van der Waals surface area contributed by atoms with Crippen molar-refractivity contribution in [3.05, 3.63) is 97.2 Å². The molecule has 1 unspecified atom stereocenters. The van der Waals surface area contributed by atoms with E-state index in [0.29, 0.717) is 12.8 Å². The maximum atomic E-state index is 12.3. The van der Waals surface area contributed by atoms with Crippen LogP contribution in [0.15, 0.2) is 97.2 Å². The number of carbonyl (C=O) groups excluding carboxylic acids is 2. The molecule has 0 bridgehead atoms. The second-order valence-electron chi connectivity index (χ2n) is 11.3. The van der Waals surface area contributed by atoms with Gasteiger partial charge in [-0.25, -0.2) is 4.57 Å². The lowest BCUT2D eigenvalue weighted by atomic mass is 10.1. The minimum absolute atomic E-state index is 0.0891. The molecule has 0 radical (unpaired) electrons. The summed E-state index contributed by atoms with van der Waals surface area (Å²) in [6.07, 6.45) is 45.7. The van der Waals surface area contributed by atoms with E-state index in [1.165, 1.54) is 38.5 Å². The summed E-state index contributed by atoms with van der Waals surface area (Å²) in [6, 6.07) is 0. The van der Waals surface area contributed by atoms with Crippen LogP contribution in [-0.4, -0.2) is 41.0 Å². The van der Waals surface area contributed by atoms with E-state index >= 15 is 0 Å². The van der Waals surface area contributed by atoms with Crippen molar-refractivity contribution in [1.82, 2.24) is 0 Å². The molecule has 48 heavy (non-hydrogen) atoms. The van der Waals surface area contributed by atoms with Gasteiger partial charge in [-0.2, -0.15) is 0 Å². The lowest BCUT2D eigenvalue weighted by Gasteiger charge is -2.18. The minimum atomic E-state index is -4.78. The van der Waals surface area contributed by atoms with Gasteiger partial charge in [-0.1, -0.05) is 150 Å². The molecule has 0 spiro atoms. The molecule has 0 aromatic heterocycles. The summed E-state index contributed by atoms with van der Waals surface area (Å²) in [5, 5.41) is 0. The number of unbranched alkanes of at least 4 members (excludes halogenated alkanes) is 9. The van der Waals surface area contributed by atoms with Gasteiger partial charge in [0.25, 0.3) is 0 Å². The summed E-state index contributed by atoms with van der Waals surface area (Å²) in [5.41, 5.74) is 0. The van der Waals surface area contributed by atoms with Gasteiger partial charge in [-0.3, -0.25) is 14.1 Å². The Balaban J connectivity index is 4.21. The molecule has 0 saturated carbocycles. The zero-order chi connectivity index (χ0) is 35.4. The Hall–Kier alpha value is -3.03. The van der Waals surface area contributed by atoms with Crippen molar-refractivity contribution in [2.24, 2.45) is 0 Å². The van der Waals surface area contributed by atoms with Crippen LogP contribution in [0.4, 0.5) is 0 Å². The van der Waals surface area contributed by atoms with Crippen LogP contribution in [0.25, 0.3) is 0 Å². The molecule has 0 aromatic carbocycles. The van der Waals surface area contributed by atoms with Crippen molar-refractivity contribution in [1.29, 1.82) is 0 Å². The highest BCUT2D eigenvalue weighted by Gasteiger charge is 2.22. The molecule has 270 valence electrons. The SMILES string of the molecule is CC/C=C/C=C/C=C/C=C/C=C/C=C/CCCCCC(=O)OCC(COP(=O)(O)O)OC(=O)CC/C=C/C/C=C/CCCCCCCC. The average Bonchev–Trinajstić information content (AvgIpc) is 3.05.